The largest absolute Gasteiger partial charge is 0.247 e. The van der Waals surface area contributed by atoms with Crippen LogP contribution in [-0.4, -0.2) is 6.17 Å². The summed E-state index contributed by atoms with van der Waals surface area (Å²) in [5.41, 5.74) is -0.713. The molecule has 82 valence electrons. The molecule has 1 fully saturated rings. The van der Waals surface area contributed by atoms with Gasteiger partial charge < -0.3 is 0 Å². The summed E-state index contributed by atoms with van der Waals surface area (Å²) in [6, 6.07) is 3.06. The standard InChI is InChI=1S/C11H10ClF3/c1-11(5-9(11)15)10(12)7-4-6(13)2-3-8(7)14/h2-4,9-10H,5H2,1H3. The van der Waals surface area contributed by atoms with Crippen molar-refractivity contribution in [1.29, 1.82) is 0 Å². The second kappa shape index (κ2) is 3.41. The van der Waals surface area contributed by atoms with Crippen LogP contribution in [0.2, 0.25) is 0 Å². The number of alkyl halides is 2. The van der Waals surface area contributed by atoms with Gasteiger partial charge in [-0.3, -0.25) is 0 Å². The minimum absolute atomic E-state index is 0.0410. The highest BCUT2D eigenvalue weighted by molar-refractivity contribution is 6.21. The summed E-state index contributed by atoms with van der Waals surface area (Å²) in [6.07, 6.45) is -0.723. The molecule has 1 aliphatic carbocycles. The molecule has 3 unspecified atom stereocenters. The van der Waals surface area contributed by atoms with Crippen molar-refractivity contribution in [3.05, 3.63) is 35.4 Å². The Hall–Kier alpha value is -0.700. The maximum Gasteiger partial charge on any atom is 0.128 e. The van der Waals surface area contributed by atoms with Gasteiger partial charge in [0.05, 0.1) is 5.38 Å². The molecular formula is C11H10ClF3. The Morgan fingerprint density at radius 1 is 1.47 bits per heavy atom. The van der Waals surface area contributed by atoms with Gasteiger partial charge in [-0.05, 0) is 24.6 Å². The van der Waals surface area contributed by atoms with E-state index in [1.165, 1.54) is 0 Å². The van der Waals surface area contributed by atoms with Gasteiger partial charge in [0.2, 0.25) is 0 Å². The van der Waals surface area contributed by atoms with Gasteiger partial charge >= 0.3 is 0 Å². The molecule has 0 nitrogen and oxygen atoms in total. The van der Waals surface area contributed by atoms with Crippen molar-refractivity contribution in [1.82, 2.24) is 0 Å². The Bertz CT molecular complexity index is 393. The predicted octanol–water partition coefficient (Wildman–Crippen LogP) is 3.99. The number of hydrogen-bond acceptors (Lipinski definition) is 0. The zero-order valence-corrected chi connectivity index (χ0v) is 8.86. The van der Waals surface area contributed by atoms with Crippen LogP contribution in [0.4, 0.5) is 13.2 Å². The molecule has 0 aromatic heterocycles. The third kappa shape index (κ3) is 1.73. The van der Waals surface area contributed by atoms with Gasteiger partial charge in [-0.15, -0.1) is 11.6 Å². The summed E-state index contributed by atoms with van der Waals surface area (Å²) >= 11 is 5.97. The molecule has 0 N–H and O–H groups in total. The van der Waals surface area contributed by atoms with Crippen LogP contribution in [0.3, 0.4) is 0 Å². The first-order chi connectivity index (χ1) is 6.95. The van der Waals surface area contributed by atoms with Crippen molar-refractivity contribution in [3.63, 3.8) is 0 Å². The summed E-state index contributed by atoms with van der Waals surface area (Å²) in [7, 11) is 0. The van der Waals surface area contributed by atoms with Crippen LogP contribution in [0.1, 0.15) is 24.3 Å². The minimum atomic E-state index is -1.03. The fraction of sp³-hybridized carbons (Fsp3) is 0.455. The molecule has 1 aromatic rings. The smallest absolute Gasteiger partial charge is 0.128 e. The highest BCUT2D eigenvalue weighted by Gasteiger charge is 2.56. The zero-order valence-electron chi connectivity index (χ0n) is 8.11. The molecule has 0 spiro atoms. The normalized spacial score (nSPS) is 31.4. The van der Waals surface area contributed by atoms with E-state index in [-0.39, 0.29) is 5.56 Å². The number of benzene rings is 1. The molecular weight excluding hydrogens is 225 g/mol. The van der Waals surface area contributed by atoms with Crippen molar-refractivity contribution >= 4 is 11.6 Å². The SMILES string of the molecule is CC1(C(Cl)c2cc(F)ccc2F)CC1F. The summed E-state index contributed by atoms with van der Waals surface area (Å²) in [4.78, 5) is 0. The molecule has 1 saturated carbocycles. The Morgan fingerprint density at radius 2 is 2.07 bits per heavy atom. The monoisotopic (exact) mass is 234 g/mol. The van der Waals surface area contributed by atoms with Gasteiger partial charge in [0.1, 0.15) is 17.8 Å². The first kappa shape index (κ1) is 10.8. The van der Waals surface area contributed by atoms with E-state index >= 15 is 0 Å². The second-order valence-corrected chi connectivity index (χ2v) is 4.64. The van der Waals surface area contributed by atoms with Crippen LogP contribution in [0.5, 0.6) is 0 Å². The molecule has 0 aliphatic heterocycles. The zero-order chi connectivity index (χ0) is 11.2. The lowest BCUT2D eigenvalue weighted by Gasteiger charge is -2.17. The maximum atomic E-state index is 13.3. The van der Waals surface area contributed by atoms with Gasteiger partial charge in [-0.2, -0.15) is 0 Å². The Morgan fingerprint density at radius 3 is 2.60 bits per heavy atom. The molecule has 0 heterocycles. The van der Waals surface area contributed by atoms with E-state index in [1.54, 1.807) is 6.92 Å². The van der Waals surface area contributed by atoms with Crippen LogP contribution < -0.4 is 0 Å². The van der Waals surface area contributed by atoms with Gasteiger partial charge in [-0.1, -0.05) is 6.92 Å². The van der Waals surface area contributed by atoms with Gasteiger partial charge in [-0.25, -0.2) is 13.2 Å². The molecule has 0 saturated heterocycles. The minimum Gasteiger partial charge on any atom is -0.247 e. The van der Waals surface area contributed by atoms with Crippen molar-refractivity contribution < 1.29 is 13.2 Å². The first-order valence-corrected chi connectivity index (χ1v) is 5.12. The topological polar surface area (TPSA) is 0 Å². The van der Waals surface area contributed by atoms with Crippen LogP contribution in [0.15, 0.2) is 18.2 Å². The Labute approximate surface area is 91.1 Å². The summed E-state index contributed by atoms with van der Waals surface area (Å²) in [5, 5.41) is -0.816. The average molecular weight is 235 g/mol. The second-order valence-electron chi connectivity index (χ2n) is 4.21. The van der Waals surface area contributed by atoms with Crippen LogP contribution in [-0.2, 0) is 0 Å². The van der Waals surface area contributed by atoms with Crippen LogP contribution in [0, 0.1) is 17.0 Å². The summed E-state index contributed by atoms with van der Waals surface area (Å²) in [5.74, 6) is -1.14. The van der Waals surface area contributed by atoms with E-state index in [0.717, 1.165) is 18.2 Å². The summed E-state index contributed by atoms with van der Waals surface area (Å²) < 4.78 is 39.3. The number of halogens is 4. The Balaban J connectivity index is 2.33. The third-order valence-corrected chi connectivity index (χ3v) is 3.72. The third-order valence-electron chi connectivity index (χ3n) is 2.98. The lowest BCUT2D eigenvalue weighted by atomic mass is 9.97. The van der Waals surface area contributed by atoms with Gasteiger partial charge in [0.15, 0.2) is 0 Å². The van der Waals surface area contributed by atoms with E-state index in [9.17, 15) is 13.2 Å². The molecule has 0 radical (unpaired) electrons. The molecule has 3 atom stereocenters. The van der Waals surface area contributed by atoms with Crippen molar-refractivity contribution in [2.75, 3.05) is 0 Å². The first-order valence-electron chi connectivity index (χ1n) is 4.68. The van der Waals surface area contributed by atoms with E-state index in [2.05, 4.69) is 0 Å². The van der Waals surface area contributed by atoms with E-state index < -0.39 is 28.6 Å². The number of rotatable bonds is 2. The van der Waals surface area contributed by atoms with Crippen molar-refractivity contribution in [2.45, 2.75) is 24.9 Å². The molecule has 2 rings (SSSR count). The Kier molecular flexibility index (Phi) is 2.45. The maximum absolute atomic E-state index is 13.3. The molecule has 1 aliphatic rings. The molecule has 0 bridgehead atoms. The lowest BCUT2D eigenvalue weighted by molar-refractivity contribution is 0.365. The van der Waals surface area contributed by atoms with Gasteiger partial charge in [0.25, 0.3) is 0 Å². The quantitative estimate of drug-likeness (QED) is 0.679. The molecule has 1 aromatic carbocycles. The average Bonchev–Trinajstić information content (AvgIpc) is 2.79. The van der Waals surface area contributed by atoms with Crippen molar-refractivity contribution in [2.24, 2.45) is 5.41 Å². The van der Waals surface area contributed by atoms with E-state index in [1.807, 2.05) is 0 Å². The lowest BCUT2D eigenvalue weighted by Crippen LogP contribution is -2.10. The summed E-state index contributed by atoms with van der Waals surface area (Å²) in [6.45, 7) is 1.64. The number of hydrogen-bond donors (Lipinski definition) is 0. The molecule has 0 amide bonds. The predicted molar refractivity (Wildman–Crippen MR) is 52.6 cm³/mol. The highest BCUT2D eigenvalue weighted by atomic mass is 35.5. The molecule has 15 heavy (non-hydrogen) atoms. The fourth-order valence-corrected chi connectivity index (χ4v) is 2.05. The fourth-order valence-electron chi connectivity index (χ4n) is 1.65. The highest BCUT2D eigenvalue weighted by Crippen LogP contribution is 2.59. The van der Waals surface area contributed by atoms with Crippen LogP contribution >= 0.6 is 11.6 Å². The molecule has 4 heteroatoms. The van der Waals surface area contributed by atoms with E-state index in [4.69, 9.17) is 11.6 Å². The van der Waals surface area contributed by atoms with Crippen LogP contribution in [0.25, 0.3) is 0 Å². The van der Waals surface area contributed by atoms with Gasteiger partial charge in [0, 0.05) is 11.0 Å². The van der Waals surface area contributed by atoms with E-state index in [0.29, 0.717) is 6.42 Å². The van der Waals surface area contributed by atoms with Crippen molar-refractivity contribution in [3.8, 4) is 0 Å².